The molecule has 0 amide bonds. The van der Waals surface area contributed by atoms with Crippen LogP contribution >= 0.6 is 15.9 Å². The summed E-state index contributed by atoms with van der Waals surface area (Å²) in [6, 6.07) is 8.41. The third kappa shape index (κ3) is 1.89. The lowest BCUT2D eigenvalue weighted by Gasteiger charge is -2.44. The fraction of sp³-hybridized carbons (Fsp3) is 0.400. The van der Waals surface area contributed by atoms with E-state index in [1.54, 1.807) is 7.11 Å². The highest BCUT2D eigenvalue weighted by atomic mass is 79.9. The van der Waals surface area contributed by atoms with Gasteiger partial charge in [0.1, 0.15) is 17.3 Å². The average molecular weight is 320 g/mol. The fourth-order valence-corrected chi connectivity index (χ4v) is 3.40. The molecule has 0 saturated heterocycles. The summed E-state index contributed by atoms with van der Waals surface area (Å²) < 4.78 is 12.5. The maximum absolute atomic E-state index is 9.72. The molecule has 0 fully saturated rings. The number of halogens is 1. The molecule has 3 atom stereocenters. The van der Waals surface area contributed by atoms with E-state index in [9.17, 15) is 5.26 Å². The van der Waals surface area contributed by atoms with Crippen LogP contribution in [0.5, 0.6) is 5.75 Å². The normalized spacial score (nSPS) is 31.8. The minimum atomic E-state index is -0.628. The van der Waals surface area contributed by atoms with Gasteiger partial charge in [0.05, 0.1) is 12.2 Å². The molecule has 98 valence electrons. The maximum Gasteiger partial charge on any atom is 0.128 e. The van der Waals surface area contributed by atoms with Crippen molar-refractivity contribution in [2.45, 2.75) is 25.0 Å². The van der Waals surface area contributed by atoms with Crippen molar-refractivity contribution < 1.29 is 9.47 Å². The zero-order valence-electron chi connectivity index (χ0n) is 10.6. The van der Waals surface area contributed by atoms with Gasteiger partial charge >= 0.3 is 0 Å². The molecule has 1 aromatic carbocycles. The predicted molar refractivity (Wildman–Crippen MR) is 74.9 cm³/mol. The second-order valence-corrected chi connectivity index (χ2v) is 5.92. The molecule has 0 spiro atoms. The molecular weight excluding hydrogens is 306 g/mol. The topological polar surface area (TPSA) is 42.2 Å². The molecule has 1 aliphatic heterocycles. The highest BCUT2D eigenvalue weighted by molar-refractivity contribution is 9.10. The van der Waals surface area contributed by atoms with Gasteiger partial charge in [0, 0.05) is 24.4 Å². The average Bonchev–Trinajstić information content (AvgIpc) is 2.44. The first kappa shape index (κ1) is 12.7. The molecule has 0 unspecified atom stereocenters. The van der Waals surface area contributed by atoms with E-state index < -0.39 is 5.41 Å². The van der Waals surface area contributed by atoms with Gasteiger partial charge < -0.3 is 9.47 Å². The highest BCUT2D eigenvalue weighted by Crippen LogP contribution is 2.46. The maximum atomic E-state index is 9.72. The number of nitriles is 1. The van der Waals surface area contributed by atoms with Gasteiger partial charge in [0.2, 0.25) is 0 Å². The molecule has 0 bridgehead atoms. The highest BCUT2D eigenvalue weighted by Gasteiger charge is 2.51. The van der Waals surface area contributed by atoms with Crippen LogP contribution in [0, 0.1) is 16.7 Å². The molecule has 0 N–H and O–H groups in total. The lowest BCUT2D eigenvalue weighted by atomic mass is 9.68. The Balaban J connectivity index is 2.08. The molecule has 4 heteroatoms. The van der Waals surface area contributed by atoms with Gasteiger partial charge in [-0.3, -0.25) is 0 Å². The first-order chi connectivity index (χ1) is 9.19. The molecule has 0 radical (unpaired) electrons. The van der Waals surface area contributed by atoms with Crippen molar-refractivity contribution in [2.24, 2.45) is 5.41 Å². The summed E-state index contributed by atoms with van der Waals surface area (Å²) in [5.74, 6) is 0.879. The van der Waals surface area contributed by atoms with Crippen molar-refractivity contribution >= 4 is 15.9 Å². The van der Waals surface area contributed by atoms with Crippen molar-refractivity contribution in [2.75, 3.05) is 7.11 Å². The van der Waals surface area contributed by atoms with Crippen molar-refractivity contribution in [3.63, 3.8) is 0 Å². The van der Waals surface area contributed by atoms with Crippen LogP contribution in [0.1, 0.15) is 12.0 Å². The van der Waals surface area contributed by atoms with Crippen LogP contribution in [0.2, 0.25) is 0 Å². The van der Waals surface area contributed by atoms with Crippen molar-refractivity contribution in [3.8, 4) is 11.8 Å². The summed E-state index contributed by atoms with van der Waals surface area (Å²) in [4.78, 5) is 0. The van der Waals surface area contributed by atoms with Crippen molar-refractivity contribution in [1.82, 2.24) is 0 Å². The Morgan fingerprint density at radius 1 is 1.53 bits per heavy atom. The summed E-state index contributed by atoms with van der Waals surface area (Å²) >= 11 is 3.47. The summed E-state index contributed by atoms with van der Waals surface area (Å²) in [5, 5.41) is 9.72. The number of methoxy groups -OCH3 is 1. The van der Waals surface area contributed by atoms with Crippen LogP contribution in [0.15, 0.2) is 34.8 Å². The summed E-state index contributed by atoms with van der Waals surface area (Å²) in [5.41, 5.74) is 0.432. The quantitative estimate of drug-likeness (QED) is 0.746. The predicted octanol–water partition coefficient (Wildman–Crippen LogP) is 3.24. The van der Waals surface area contributed by atoms with Crippen LogP contribution in [0.25, 0.3) is 0 Å². The van der Waals surface area contributed by atoms with Crippen LogP contribution in [-0.4, -0.2) is 19.3 Å². The third-order valence-electron chi connectivity index (χ3n) is 3.98. The molecule has 0 aromatic heterocycles. The lowest BCUT2D eigenvalue weighted by molar-refractivity contribution is -0.0371. The first-order valence-corrected chi connectivity index (χ1v) is 7.05. The summed E-state index contributed by atoms with van der Waals surface area (Å²) in [6.45, 7) is 0. The number of hydrogen-bond acceptors (Lipinski definition) is 3. The molecule has 1 heterocycles. The smallest absolute Gasteiger partial charge is 0.128 e. The fourth-order valence-electron chi connectivity index (χ4n) is 2.99. The van der Waals surface area contributed by atoms with Crippen LogP contribution in [-0.2, 0) is 11.2 Å². The van der Waals surface area contributed by atoms with Crippen LogP contribution in [0.3, 0.4) is 0 Å². The second kappa shape index (κ2) is 4.66. The Morgan fingerprint density at radius 3 is 3.11 bits per heavy atom. The minimum absolute atomic E-state index is 0.138. The Kier molecular flexibility index (Phi) is 3.12. The Labute approximate surface area is 121 Å². The van der Waals surface area contributed by atoms with Crippen molar-refractivity contribution in [3.05, 3.63) is 40.4 Å². The second-order valence-electron chi connectivity index (χ2n) is 5.01. The zero-order chi connectivity index (χ0) is 13.5. The lowest BCUT2D eigenvalue weighted by Crippen LogP contribution is -2.52. The van der Waals surface area contributed by atoms with E-state index >= 15 is 0 Å². The molecule has 2 aliphatic rings. The van der Waals surface area contributed by atoms with E-state index in [4.69, 9.17) is 9.47 Å². The Hall–Kier alpha value is -1.31. The van der Waals surface area contributed by atoms with Gasteiger partial charge in [-0.1, -0.05) is 28.1 Å². The Morgan fingerprint density at radius 2 is 2.37 bits per heavy atom. The first-order valence-electron chi connectivity index (χ1n) is 6.25. The molecule has 19 heavy (non-hydrogen) atoms. The number of fused-ring (bicyclic) bond motifs is 2. The summed E-state index contributed by atoms with van der Waals surface area (Å²) in [7, 11) is 1.65. The monoisotopic (exact) mass is 319 g/mol. The minimum Gasteiger partial charge on any atom is -0.488 e. The summed E-state index contributed by atoms with van der Waals surface area (Å²) in [6.07, 6.45) is 5.07. The molecular formula is C15H14BrNO2. The van der Waals surface area contributed by atoms with E-state index in [1.165, 1.54) is 0 Å². The Bertz CT molecular complexity index is 578. The van der Waals surface area contributed by atoms with Gasteiger partial charge in [-0.2, -0.15) is 5.26 Å². The molecule has 3 rings (SSSR count). The number of hydrogen-bond donors (Lipinski definition) is 0. The van der Waals surface area contributed by atoms with Gasteiger partial charge in [-0.05, 0) is 23.8 Å². The van der Waals surface area contributed by atoms with Gasteiger partial charge in [-0.25, -0.2) is 0 Å². The van der Waals surface area contributed by atoms with Gasteiger partial charge in [0.15, 0.2) is 0 Å². The number of rotatable bonds is 1. The van der Waals surface area contributed by atoms with Gasteiger partial charge in [-0.15, -0.1) is 0 Å². The van der Waals surface area contributed by atoms with E-state index in [0.29, 0.717) is 6.42 Å². The molecule has 1 aromatic rings. The van der Waals surface area contributed by atoms with Crippen molar-refractivity contribution in [1.29, 1.82) is 5.26 Å². The molecule has 0 saturated carbocycles. The van der Waals surface area contributed by atoms with E-state index in [-0.39, 0.29) is 12.2 Å². The van der Waals surface area contributed by atoms with E-state index in [2.05, 4.69) is 22.0 Å². The third-order valence-corrected chi connectivity index (χ3v) is 4.47. The molecule has 1 aliphatic carbocycles. The van der Waals surface area contributed by atoms with Crippen LogP contribution < -0.4 is 4.74 Å². The van der Waals surface area contributed by atoms with Crippen LogP contribution in [0.4, 0.5) is 0 Å². The standard InChI is InChI=1S/C15H14BrNO2/c1-18-13-3-2-4-14-15(13,9-17)8-10-7-11(16)5-6-12(10)19-14/h2-3,5-7,13-14H,4,8H2,1H3/t13-,14+,15+/m1/s1. The zero-order valence-corrected chi connectivity index (χ0v) is 12.2. The SMILES string of the molecule is CO[C@@H]1C=CC[C@@H]2Oc3ccc(Br)cc3C[C@@]21C#N. The number of nitrogens with zero attached hydrogens (tertiary/aromatic N) is 1. The van der Waals surface area contributed by atoms with Gasteiger partial charge in [0.25, 0.3) is 0 Å². The molecule has 3 nitrogen and oxygen atoms in total. The number of ether oxygens (including phenoxy) is 2. The van der Waals surface area contributed by atoms with E-state index in [0.717, 1.165) is 22.2 Å². The van der Waals surface area contributed by atoms with E-state index in [1.807, 2.05) is 30.4 Å². The largest absolute Gasteiger partial charge is 0.488 e. The number of benzene rings is 1.